The molecule has 2 aromatic carbocycles. The number of esters is 1. The van der Waals surface area contributed by atoms with Crippen LogP contribution in [0.1, 0.15) is 15.9 Å². The molecule has 0 saturated carbocycles. The zero-order valence-corrected chi connectivity index (χ0v) is 11.0. The van der Waals surface area contributed by atoms with Crippen LogP contribution in [0, 0.1) is 5.82 Å². The Morgan fingerprint density at radius 1 is 1.25 bits per heavy atom. The normalized spacial score (nSPS) is 10.2. The average molecular weight is 274 g/mol. The third-order valence-electron chi connectivity index (χ3n) is 2.87. The molecule has 104 valence electrons. The minimum absolute atomic E-state index is 0.274. The molecule has 0 radical (unpaired) electrons. The zero-order valence-electron chi connectivity index (χ0n) is 11.0. The van der Waals surface area contributed by atoms with Gasteiger partial charge in [0.15, 0.2) is 0 Å². The van der Waals surface area contributed by atoms with E-state index in [1.165, 1.54) is 13.2 Å². The smallest absolute Gasteiger partial charge is 0.339 e. The van der Waals surface area contributed by atoms with E-state index in [0.717, 1.165) is 0 Å². The monoisotopic (exact) mass is 274 g/mol. The summed E-state index contributed by atoms with van der Waals surface area (Å²) in [7, 11) is 1.30. The molecule has 0 heterocycles. The van der Waals surface area contributed by atoms with Gasteiger partial charge in [-0.1, -0.05) is 18.2 Å². The molecule has 0 spiro atoms. The predicted octanol–water partition coefficient (Wildman–Crippen LogP) is 2.81. The number of halogens is 1. The van der Waals surface area contributed by atoms with Gasteiger partial charge in [0, 0.05) is 6.54 Å². The molecule has 0 aliphatic carbocycles. The van der Waals surface area contributed by atoms with Gasteiger partial charge in [0.25, 0.3) is 0 Å². The van der Waals surface area contributed by atoms with Crippen molar-refractivity contribution in [2.75, 3.05) is 12.4 Å². The molecule has 0 saturated heterocycles. The molecule has 0 aliphatic heterocycles. The summed E-state index contributed by atoms with van der Waals surface area (Å²) >= 11 is 0. The standard InChI is InChI=1S/C15H15FN2O2/c1-20-15(19)11-4-2-3-5-13(11)18-14-7-6-10(9-17)8-12(14)16/h2-8,18H,9,17H2,1H3. The number of methoxy groups -OCH3 is 1. The van der Waals surface area contributed by atoms with Crippen molar-refractivity contribution >= 4 is 17.3 Å². The molecule has 0 aromatic heterocycles. The van der Waals surface area contributed by atoms with E-state index >= 15 is 0 Å². The Bertz CT molecular complexity index is 629. The van der Waals surface area contributed by atoms with E-state index in [1.807, 2.05) is 0 Å². The van der Waals surface area contributed by atoms with Crippen LogP contribution >= 0.6 is 0 Å². The fraction of sp³-hybridized carbons (Fsp3) is 0.133. The lowest BCUT2D eigenvalue weighted by molar-refractivity contribution is 0.0602. The van der Waals surface area contributed by atoms with E-state index in [1.54, 1.807) is 36.4 Å². The summed E-state index contributed by atoms with van der Waals surface area (Å²) < 4.78 is 18.6. The van der Waals surface area contributed by atoms with Crippen molar-refractivity contribution in [2.24, 2.45) is 5.73 Å². The number of para-hydroxylation sites is 1. The van der Waals surface area contributed by atoms with Crippen LogP contribution < -0.4 is 11.1 Å². The minimum atomic E-state index is -0.480. The van der Waals surface area contributed by atoms with Gasteiger partial charge in [0.05, 0.1) is 24.0 Å². The molecule has 2 rings (SSSR count). The summed E-state index contributed by atoms with van der Waals surface area (Å²) in [4.78, 5) is 11.6. The van der Waals surface area contributed by atoms with Crippen molar-refractivity contribution in [3.8, 4) is 0 Å². The quantitative estimate of drug-likeness (QED) is 0.841. The van der Waals surface area contributed by atoms with E-state index in [4.69, 9.17) is 10.5 Å². The Morgan fingerprint density at radius 3 is 2.65 bits per heavy atom. The van der Waals surface area contributed by atoms with Crippen molar-refractivity contribution in [3.63, 3.8) is 0 Å². The molecule has 2 aromatic rings. The van der Waals surface area contributed by atoms with Crippen LogP contribution in [0.15, 0.2) is 42.5 Å². The van der Waals surface area contributed by atoms with Crippen LogP contribution in [-0.4, -0.2) is 13.1 Å². The maximum absolute atomic E-state index is 13.9. The first-order valence-corrected chi connectivity index (χ1v) is 6.08. The lowest BCUT2D eigenvalue weighted by Crippen LogP contribution is -2.06. The van der Waals surface area contributed by atoms with Crippen molar-refractivity contribution in [3.05, 3.63) is 59.4 Å². The van der Waals surface area contributed by atoms with Crippen LogP contribution in [0.5, 0.6) is 0 Å². The molecular formula is C15H15FN2O2. The summed E-state index contributed by atoms with van der Waals surface area (Å²) in [5.74, 6) is -0.903. The number of ether oxygens (including phenoxy) is 1. The molecule has 20 heavy (non-hydrogen) atoms. The van der Waals surface area contributed by atoms with Crippen LogP contribution in [0.2, 0.25) is 0 Å². The lowest BCUT2D eigenvalue weighted by atomic mass is 10.1. The number of nitrogens with one attached hydrogen (secondary N) is 1. The third-order valence-corrected chi connectivity index (χ3v) is 2.87. The highest BCUT2D eigenvalue weighted by atomic mass is 19.1. The molecule has 5 heteroatoms. The second-order valence-corrected chi connectivity index (χ2v) is 4.18. The van der Waals surface area contributed by atoms with E-state index < -0.39 is 11.8 Å². The van der Waals surface area contributed by atoms with Gasteiger partial charge in [-0.25, -0.2) is 9.18 Å². The molecule has 0 amide bonds. The second kappa shape index (κ2) is 6.16. The number of rotatable bonds is 4. The fourth-order valence-corrected chi connectivity index (χ4v) is 1.81. The maximum Gasteiger partial charge on any atom is 0.339 e. The van der Waals surface area contributed by atoms with Crippen molar-refractivity contribution in [1.82, 2.24) is 0 Å². The number of nitrogens with two attached hydrogens (primary N) is 1. The molecule has 0 unspecified atom stereocenters. The van der Waals surface area contributed by atoms with Crippen molar-refractivity contribution in [2.45, 2.75) is 6.54 Å². The molecule has 0 bridgehead atoms. The summed E-state index contributed by atoms with van der Waals surface area (Å²) in [6, 6.07) is 11.4. The van der Waals surface area contributed by atoms with Gasteiger partial charge in [-0.3, -0.25) is 0 Å². The Morgan fingerprint density at radius 2 is 2.00 bits per heavy atom. The Labute approximate surface area is 116 Å². The summed E-state index contributed by atoms with van der Waals surface area (Å²) in [6.07, 6.45) is 0. The zero-order chi connectivity index (χ0) is 14.5. The molecular weight excluding hydrogens is 259 g/mol. The predicted molar refractivity (Wildman–Crippen MR) is 75.4 cm³/mol. The SMILES string of the molecule is COC(=O)c1ccccc1Nc1ccc(CN)cc1F. The van der Waals surface area contributed by atoms with Gasteiger partial charge < -0.3 is 15.8 Å². The van der Waals surface area contributed by atoms with Crippen LogP contribution in [-0.2, 0) is 11.3 Å². The first kappa shape index (κ1) is 14.0. The van der Waals surface area contributed by atoms with E-state index in [9.17, 15) is 9.18 Å². The number of carbonyl (C=O) groups is 1. The Balaban J connectivity index is 2.33. The highest BCUT2D eigenvalue weighted by Gasteiger charge is 2.12. The maximum atomic E-state index is 13.9. The highest BCUT2D eigenvalue weighted by Crippen LogP contribution is 2.24. The topological polar surface area (TPSA) is 64.3 Å². The average Bonchev–Trinajstić information content (AvgIpc) is 2.49. The van der Waals surface area contributed by atoms with Gasteiger partial charge in [-0.05, 0) is 29.8 Å². The van der Waals surface area contributed by atoms with Gasteiger partial charge in [0.1, 0.15) is 5.82 Å². The molecule has 3 N–H and O–H groups in total. The lowest BCUT2D eigenvalue weighted by Gasteiger charge is -2.12. The van der Waals surface area contributed by atoms with E-state index in [-0.39, 0.29) is 12.2 Å². The number of benzene rings is 2. The number of hydrogen-bond donors (Lipinski definition) is 2. The third kappa shape index (κ3) is 2.95. The van der Waals surface area contributed by atoms with Crippen molar-refractivity contribution in [1.29, 1.82) is 0 Å². The Kier molecular flexibility index (Phi) is 4.32. The van der Waals surface area contributed by atoms with Gasteiger partial charge >= 0.3 is 5.97 Å². The number of anilines is 2. The highest BCUT2D eigenvalue weighted by molar-refractivity contribution is 5.96. The Hall–Kier alpha value is -2.40. The first-order chi connectivity index (χ1) is 9.65. The second-order valence-electron chi connectivity index (χ2n) is 4.18. The van der Waals surface area contributed by atoms with Gasteiger partial charge in [0.2, 0.25) is 0 Å². The van der Waals surface area contributed by atoms with E-state index in [0.29, 0.717) is 16.8 Å². The largest absolute Gasteiger partial charge is 0.465 e. The number of hydrogen-bond acceptors (Lipinski definition) is 4. The van der Waals surface area contributed by atoms with Gasteiger partial charge in [-0.15, -0.1) is 0 Å². The summed E-state index contributed by atoms with van der Waals surface area (Å²) in [6.45, 7) is 0.274. The fourth-order valence-electron chi connectivity index (χ4n) is 1.81. The molecule has 0 fully saturated rings. The molecule has 0 atom stereocenters. The van der Waals surface area contributed by atoms with E-state index in [2.05, 4.69) is 5.32 Å². The molecule has 0 aliphatic rings. The molecule has 4 nitrogen and oxygen atoms in total. The van der Waals surface area contributed by atoms with Crippen LogP contribution in [0.3, 0.4) is 0 Å². The van der Waals surface area contributed by atoms with Crippen molar-refractivity contribution < 1.29 is 13.9 Å². The first-order valence-electron chi connectivity index (χ1n) is 6.08. The van der Waals surface area contributed by atoms with Crippen LogP contribution in [0.25, 0.3) is 0 Å². The minimum Gasteiger partial charge on any atom is -0.465 e. The van der Waals surface area contributed by atoms with Crippen LogP contribution in [0.4, 0.5) is 15.8 Å². The number of carbonyl (C=O) groups excluding carboxylic acids is 1. The summed E-state index contributed by atoms with van der Waals surface area (Å²) in [5.41, 5.74) is 7.26. The summed E-state index contributed by atoms with van der Waals surface area (Å²) in [5, 5.41) is 2.89. The van der Waals surface area contributed by atoms with Gasteiger partial charge in [-0.2, -0.15) is 0 Å².